The van der Waals surface area contributed by atoms with Gasteiger partial charge in [-0.15, -0.1) is 0 Å². The van der Waals surface area contributed by atoms with Gasteiger partial charge in [0.05, 0.1) is 0 Å². The van der Waals surface area contributed by atoms with E-state index in [9.17, 15) is 0 Å². The molecule has 0 spiro atoms. The Morgan fingerprint density at radius 2 is 1.71 bits per heavy atom. The van der Waals surface area contributed by atoms with Gasteiger partial charge >= 0.3 is 0 Å². The van der Waals surface area contributed by atoms with E-state index >= 15 is 0 Å². The fourth-order valence-electron chi connectivity index (χ4n) is 5.39. The molecular weight excluding hydrogens is 342 g/mol. The maximum atomic E-state index is 6.40. The number of anilines is 1. The number of likely N-dealkylation sites (N-methyl/N-ethyl adjacent to an activating group) is 1. The Balaban J connectivity index is 1.41. The summed E-state index contributed by atoms with van der Waals surface area (Å²) in [5.41, 5.74) is 12.1. The van der Waals surface area contributed by atoms with Crippen LogP contribution in [0.1, 0.15) is 75.8 Å². The first kappa shape index (κ1) is 20.0. The molecule has 1 aromatic rings. The third-order valence-electron chi connectivity index (χ3n) is 7.62. The first-order chi connectivity index (χ1) is 13.4. The quantitative estimate of drug-likeness (QED) is 0.736. The maximum absolute atomic E-state index is 6.40. The minimum Gasteiger partial charge on any atom is -0.398 e. The van der Waals surface area contributed by atoms with Crippen molar-refractivity contribution < 1.29 is 0 Å². The topological polar surface area (TPSA) is 32.5 Å². The van der Waals surface area contributed by atoms with Gasteiger partial charge < -0.3 is 10.6 Å². The average Bonchev–Trinajstić information content (AvgIpc) is 2.69. The van der Waals surface area contributed by atoms with Crippen LogP contribution in [0, 0.1) is 5.41 Å². The summed E-state index contributed by atoms with van der Waals surface area (Å²) in [5.74, 6) is 0.712. The zero-order chi connectivity index (χ0) is 19.7. The summed E-state index contributed by atoms with van der Waals surface area (Å²) in [6.45, 7) is 9.71. The Bertz CT molecular complexity index is 705. The number of benzene rings is 1. The highest BCUT2D eigenvalue weighted by molar-refractivity contribution is 5.76. The van der Waals surface area contributed by atoms with E-state index < -0.39 is 0 Å². The van der Waals surface area contributed by atoms with Gasteiger partial charge in [-0.1, -0.05) is 26.0 Å². The number of hydrogen-bond donors (Lipinski definition) is 1. The molecule has 0 unspecified atom stereocenters. The molecule has 3 heteroatoms. The highest BCUT2D eigenvalue weighted by Crippen LogP contribution is 2.41. The molecular formula is C25H39N3. The van der Waals surface area contributed by atoms with Crippen LogP contribution < -0.4 is 5.73 Å². The predicted molar refractivity (Wildman–Crippen MR) is 121 cm³/mol. The van der Waals surface area contributed by atoms with Crippen molar-refractivity contribution in [1.82, 2.24) is 9.80 Å². The number of nitrogen functional groups attached to an aromatic ring is 1. The zero-order valence-corrected chi connectivity index (χ0v) is 18.2. The van der Waals surface area contributed by atoms with Crippen LogP contribution in [0.15, 0.2) is 24.3 Å². The average molecular weight is 382 g/mol. The summed E-state index contributed by atoms with van der Waals surface area (Å²) in [6, 6.07) is 7.70. The predicted octanol–water partition coefficient (Wildman–Crippen LogP) is 5.14. The lowest BCUT2D eigenvalue weighted by Crippen LogP contribution is -2.49. The first-order valence-corrected chi connectivity index (χ1v) is 11.4. The molecule has 3 nitrogen and oxygen atoms in total. The zero-order valence-electron chi connectivity index (χ0n) is 18.2. The number of hydrogen-bond acceptors (Lipinski definition) is 3. The highest BCUT2D eigenvalue weighted by atomic mass is 15.3. The molecule has 2 fully saturated rings. The molecule has 3 aliphatic rings. The van der Waals surface area contributed by atoms with E-state index in [4.69, 9.17) is 5.73 Å². The van der Waals surface area contributed by atoms with Gasteiger partial charge in [0.1, 0.15) is 0 Å². The molecule has 1 aliphatic heterocycles. The second-order valence-corrected chi connectivity index (χ2v) is 10.3. The summed E-state index contributed by atoms with van der Waals surface area (Å²) in [5, 5.41) is 0. The molecule has 0 aromatic heterocycles. The Labute approximate surface area is 172 Å². The van der Waals surface area contributed by atoms with Gasteiger partial charge in [-0.2, -0.15) is 0 Å². The van der Waals surface area contributed by atoms with E-state index in [-0.39, 0.29) is 0 Å². The lowest BCUT2D eigenvalue weighted by molar-refractivity contribution is 0.0878. The van der Waals surface area contributed by atoms with Crippen molar-refractivity contribution in [2.45, 2.75) is 70.8 Å². The lowest BCUT2D eigenvalue weighted by Gasteiger charge is -2.41. The molecule has 1 aromatic carbocycles. The third-order valence-corrected chi connectivity index (χ3v) is 7.62. The second kappa shape index (κ2) is 8.20. The molecule has 1 heterocycles. The fraction of sp³-hybridized carbons (Fsp3) is 0.680. The van der Waals surface area contributed by atoms with Gasteiger partial charge in [-0.25, -0.2) is 0 Å². The SMILES string of the molecule is CN1CCN(C2CCC(c3ccc(N)c(C4=CCC(C)(C)CC4)c3)CC2)CC1. The Morgan fingerprint density at radius 1 is 1.00 bits per heavy atom. The normalized spacial score (nSPS) is 29.5. The lowest BCUT2D eigenvalue weighted by atomic mass is 9.76. The minimum atomic E-state index is 0.442. The number of allylic oxidation sites excluding steroid dienone is 2. The van der Waals surface area contributed by atoms with Gasteiger partial charge in [0.2, 0.25) is 0 Å². The van der Waals surface area contributed by atoms with Crippen LogP contribution in [0.25, 0.3) is 5.57 Å². The maximum Gasteiger partial charge on any atom is 0.0390 e. The Kier molecular flexibility index (Phi) is 5.85. The van der Waals surface area contributed by atoms with Crippen molar-refractivity contribution in [3.63, 3.8) is 0 Å². The van der Waals surface area contributed by atoms with Crippen molar-refractivity contribution >= 4 is 11.3 Å². The number of piperazine rings is 1. The number of nitrogens with two attached hydrogens (primary N) is 1. The van der Waals surface area contributed by atoms with Crippen LogP contribution in [0.2, 0.25) is 0 Å². The van der Waals surface area contributed by atoms with E-state index in [0.717, 1.165) is 18.2 Å². The molecule has 0 amide bonds. The summed E-state index contributed by atoms with van der Waals surface area (Å²) in [6.07, 6.45) is 11.4. The van der Waals surface area contributed by atoms with E-state index in [2.05, 4.69) is 55.0 Å². The standard InChI is InChI=1S/C25H39N3/c1-25(2)12-10-20(11-13-25)23-18-21(6-9-24(23)26)19-4-7-22(8-5-19)28-16-14-27(3)15-17-28/h6,9-10,18-19,22H,4-5,7-8,11-17,26H2,1-3H3. The van der Waals surface area contributed by atoms with Crippen molar-refractivity contribution in [2.75, 3.05) is 39.0 Å². The molecule has 0 bridgehead atoms. The Morgan fingerprint density at radius 3 is 2.36 bits per heavy atom. The number of rotatable bonds is 3. The van der Waals surface area contributed by atoms with Crippen LogP contribution in [-0.2, 0) is 0 Å². The first-order valence-electron chi connectivity index (χ1n) is 11.4. The number of nitrogens with zero attached hydrogens (tertiary/aromatic N) is 2. The molecule has 0 radical (unpaired) electrons. The van der Waals surface area contributed by atoms with E-state index in [1.54, 1.807) is 0 Å². The van der Waals surface area contributed by atoms with E-state index in [1.807, 2.05) is 0 Å². The second-order valence-electron chi connectivity index (χ2n) is 10.3. The minimum absolute atomic E-state index is 0.442. The molecule has 1 saturated carbocycles. The monoisotopic (exact) mass is 381 g/mol. The summed E-state index contributed by atoms with van der Waals surface area (Å²) < 4.78 is 0. The molecule has 0 atom stereocenters. The van der Waals surface area contributed by atoms with Crippen LogP contribution in [0.4, 0.5) is 5.69 Å². The largest absolute Gasteiger partial charge is 0.398 e. The van der Waals surface area contributed by atoms with E-state index in [1.165, 1.54) is 81.4 Å². The van der Waals surface area contributed by atoms with Gasteiger partial charge in [-0.3, -0.25) is 4.90 Å². The van der Waals surface area contributed by atoms with Crippen molar-refractivity contribution in [3.05, 3.63) is 35.4 Å². The highest BCUT2D eigenvalue weighted by Gasteiger charge is 2.29. The van der Waals surface area contributed by atoms with Gasteiger partial charge in [-0.05, 0) is 86.6 Å². The summed E-state index contributed by atoms with van der Waals surface area (Å²) in [4.78, 5) is 5.21. The van der Waals surface area contributed by atoms with Crippen molar-refractivity contribution in [2.24, 2.45) is 5.41 Å². The van der Waals surface area contributed by atoms with Gasteiger partial charge in [0, 0.05) is 43.5 Å². The van der Waals surface area contributed by atoms with Crippen LogP contribution in [0.5, 0.6) is 0 Å². The van der Waals surface area contributed by atoms with Crippen molar-refractivity contribution in [3.8, 4) is 0 Å². The van der Waals surface area contributed by atoms with Gasteiger partial charge in [0.15, 0.2) is 0 Å². The summed E-state index contributed by atoms with van der Waals surface area (Å²) in [7, 11) is 2.25. The molecule has 1 saturated heterocycles. The smallest absolute Gasteiger partial charge is 0.0390 e. The molecule has 2 N–H and O–H groups in total. The van der Waals surface area contributed by atoms with Gasteiger partial charge in [0.25, 0.3) is 0 Å². The third kappa shape index (κ3) is 4.46. The molecule has 4 rings (SSSR count). The van der Waals surface area contributed by atoms with Crippen molar-refractivity contribution in [1.29, 1.82) is 0 Å². The van der Waals surface area contributed by atoms with Crippen LogP contribution in [0.3, 0.4) is 0 Å². The van der Waals surface area contributed by atoms with Crippen LogP contribution >= 0.6 is 0 Å². The van der Waals surface area contributed by atoms with Crippen LogP contribution in [-0.4, -0.2) is 49.1 Å². The molecule has 154 valence electrons. The summed E-state index contributed by atoms with van der Waals surface area (Å²) >= 11 is 0. The fourth-order valence-corrected chi connectivity index (χ4v) is 5.39. The Hall–Kier alpha value is -1.32. The molecule has 28 heavy (non-hydrogen) atoms. The molecule has 2 aliphatic carbocycles. The van der Waals surface area contributed by atoms with E-state index in [0.29, 0.717) is 11.3 Å².